The number of allylic oxidation sites excluding steroid dienone is 2. The minimum absolute atomic E-state index is 0.247. The van der Waals surface area contributed by atoms with Gasteiger partial charge in [-0.2, -0.15) is 0 Å². The zero-order chi connectivity index (χ0) is 35.1. The number of nitrogens with zero attached hydrogens (tertiary/aromatic N) is 2. The first-order chi connectivity index (χ1) is 23.4. The fourth-order valence-electron chi connectivity index (χ4n) is 6.37. The second-order valence-electron chi connectivity index (χ2n) is 12.3. The van der Waals surface area contributed by atoms with Gasteiger partial charge in [0.25, 0.3) is 0 Å². The van der Waals surface area contributed by atoms with E-state index in [1.54, 1.807) is 28.4 Å². The van der Waals surface area contributed by atoms with Crippen molar-refractivity contribution in [3.8, 4) is 28.4 Å². The van der Waals surface area contributed by atoms with Gasteiger partial charge in [0.2, 0.25) is 0 Å². The summed E-state index contributed by atoms with van der Waals surface area (Å²) in [5.74, 6) is 3.14. The molecule has 3 aliphatic rings. The van der Waals surface area contributed by atoms with Crippen LogP contribution >= 0.6 is 31.9 Å². The standard InChI is InChI=1S/C37H36Br2N2O6.2Pd/c1-35(21-46-33(40-35)27-17-23(15-16-31(27)44-5)25-11-7-9-13-29(25)42-3)20-36(2)22-47-34(41-36)28-18-24(19-32(38)37(28,39)45-6)26-12-8-10-14-30(26)43-4;;/h7-19,21-22,32H,20H2,1-6H3;;/t32?,35-,36-,37?;;/m1../s1. The molecule has 0 fully saturated rings. The van der Waals surface area contributed by atoms with Crippen molar-refractivity contribution >= 4 is 49.2 Å². The zero-order valence-corrected chi connectivity index (χ0v) is 34.0. The topological polar surface area (TPSA) is 80.1 Å². The molecular weight excluding hydrogens is 941 g/mol. The Bertz CT molecular complexity index is 1880. The van der Waals surface area contributed by atoms with Crippen molar-refractivity contribution in [3.63, 3.8) is 0 Å². The summed E-state index contributed by atoms with van der Waals surface area (Å²) in [5, 5.41) is 0. The molecule has 1 aliphatic carbocycles. The third-order valence-electron chi connectivity index (χ3n) is 8.89. The molecule has 0 saturated heterocycles. The molecule has 0 aromatic heterocycles. The average molecular weight is 977 g/mol. The molecule has 2 aliphatic heterocycles. The molecule has 2 heterocycles. The zero-order valence-electron chi connectivity index (χ0n) is 27.7. The van der Waals surface area contributed by atoms with Gasteiger partial charge in [-0.05, 0) is 0 Å². The Morgan fingerprint density at radius 2 is 1.27 bits per heavy atom. The van der Waals surface area contributed by atoms with Crippen LogP contribution in [0.1, 0.15) is 31.4 Å². The van der Waals surface area contributed by atoms with E-state index in [-0.39, 0.29) is 4.83 Å². The van der Waals surface area contributed by atoms with E-state index < -0.39 is 24.7 Å². The molecule has 0 radical (unpaired) electrons. The fourth-order valence-corrected chi connectivity index (χ4v) is 8.37. The average Bonchev–Trinajstić information content (AvgIpc) is 3.57. The molecule has 3 aromatic rings. The molecule has 264 valence electrons. The maximum atomic E-state index is 6.52. The number of ether oxygens (including phenoxy) is 6. The summed E-state index contributed by atoms with van der Waals surface area (Å²) in [6.07, 6.45) is 4.62. The molecule has 0 saturated carbocycles. The predicted molar refractivity (Wildman–Crippen MR) is 191 cm³/mol. The summed E-state index contributed by atoms with van der Waals surface area (Å²) in [7, 11) is 6.63. The number of aliphatic imine (C=N–C) groups is 2. The Labute approximate surface area is 325 Å². The van der Waals surface area contributed by atoms with Gasteiger partial charge >= 0.3 is 328 Å². The van der Waals surface area contributed by atoms with Gasteiger partial charge in [0.05, 0.1) is 0 Å². The maximum absolute atomic E-state index is 6.52. The van der Waals surface area contributed by atoms with Crippen molar-refractivity contribution in [2.24, 2.45) is 9.98 Å². The van der Waals surface area contributed by atoms with Gasteiger partial charge in [0.15, 0.2) is 0 Å². The van der Waals surface area contributed by atoms with E-state index in [1.165, 1.54) is 0 Å². The Balaban J connectivity index is 1.35. The quantitative estimate of drug-likeness (QED) is 0.153. The van der Waals surface area contributed by atoms with E-state index in [0.29, 0.717) is 24.0 Å². The Morgan fingerprint density at radius 1 is 0.735 bits per heavy atom. The molecule has 0 N–H and O–H groups in total. The molecule has 8 nitrogen and oxygen atoms in total. The van der Waals surface area contributed by atoms with E-state index in [2.05, 4.69) is 90.2 Å². The van der Waals surface area contributed by atoms with Crippen LogP contribution in [-0.4, -0.2) is 69.8 Å². The number of para-hydroxylation sites is 2. The van der Waals surface area contributed by atoms with E-state index in [1.807, 2.05) is 72.8 Å². The molecule has 6 rings (SSSR count). The predicted octanol–water partition coefficient (Wildman–Crippen LogP) is 7.76. The number of methoxy groups -OCH3 is 4. The fraction of sp³-hybridized carbons (Fsp3) is 0.351. The number of halogens is 2. The molecule has 49 heavy (non-hydrogen) atoms. The number of hydrogen-bond acceptors (Lipinski definition) is 8. The van der Waals surface area contributed by atoms with Crippen LogP contribution in [0.25, 0.3) is 16.7 Å². The molecule has 0 spiro atoms. The normalized spacial score (nSPS) is 29.3. The van der Waals surface area contributed by atoms with E-state index in [9.17, 15) is 0 Å². The summed E-state index contributed by atoms with van der Waals surface area (Å²) < 4.78 is 34.3. The third-order valence-corrected chi connectivity index (χ3v) is 14.0. The van der Waals surface area contributed by atoms with Crippen molar-refractivity contribution in [1.82, 2.24) is 0 Å². The van der Waals surface area contributed by atoms with Gasteiger partial charge in [-0.15, -0.1) is 0 Å². The van der Waals surface area contributed by atoms with Crippen LogP contribution in [0.3, 0.4) is 0 Å². The van der Waals surface area contributed by atoms with Gasteiger partial charge in [0, 0.05) is 0 Å². The number of hydrogen-bond donors (Lipinski definition) is 0. The molecule has 0 amide bonds. The van der Waals surface area contributed by atoms with Gasteiger partial charge in [-0.25, -0.2) is 0 Å². The van der Waals surface area contributed by atoms with Crippen LogP contribution in [0, 0.1) is 0 Å². The first kappa shape index (κ1) is 36.5. The summed E-state index contributed by atoms with van der Waals surface area (Å²) in [6.45, 7) is 4.13. The van der Waals surface area contributed by atoms with Crippen molar-refractivity contribution in [1.29, 1.82) is 0 Å². The van der Waals surface area contributed by atoms with Crippen molar-refractivity contribution in [2.75, 3.05) is 28.4 Å². The van der Waals surface area contributed by atoms with Crippen molar-refractivity contribution in [3.05, 3.63) is 95.6 Å². The molecule has 12 heteroatoms. The third kappa shape index (κ3) is 6.76. The van der Waals surface area contributed by atoms with E-state index in [4.69, 9.17) is 38.4 Å². The van der Waals surface area contributed by atoms with E-state index >= 15 is 0 Å². The SMILES string of the molecule is COc1ccccc1C1=CC(Br)C(Br)(OC)C(C2=N[C@](C)(C[C@@]3(C)N=C(c4cc(-c5ccccc5OC)ccc4OC)O[CH]3[Pd])[CH]([Pd])O2)=C1. The van der Waals surface area contributed by atoms with Crippen LogP contribution in [-0.2, 0) is 52.6 Å². The Hall–Kier alpha value is -2.28. The van der Waals surface area contributed by atoms with Crippen LogP contribution in [0.2, 0.25) is 0 Å². The van der Waals surface area contributed by atoms with Crippen LogP contribution in [0.4, 0.5) is 0 Å². The van der Waals surface area contributed by atoms with E-state index in [0.717, 1.165) is 44.9 Å². The number of benzene rings is 3. The first-order valence-corrected chi connectivity index (χ1v) is 18.9. The van der Waals surface area contributed by atoms with Crippen LogP contribution in [0.15, 0.2) is 94.4 Å². The van der Waals surface area contributed by atoms with Crippen molar-refractivity contribution in [2.45, 2.75) is 49.8 Å². The van der Waals surface area contributed by atoms with Crippen molar-refractivity contribution < 1.29 is 66.8 Å². The van der Waals surface area contributed by atoms with Gasteiger partial charge in [-0.3, -0.25) is 0 Å². The number of alkyl halides is 2. The molecule has 4 unspecified atom stereocenters. The van der Waals surface area contributed by atoms with Crippen LogP contribution < -0.4 is 14.2 Å². The van der Waals surface area contributed by atoms with Gasteiger partial charge < -0.3 is 0 Å². The summed E-state index contributed by atoms with van der Waals surface area (Å²) in [6, 6.07) is 21.8. The second kappa shape index (κ2) is 14.4. The summed E-state index contributed by atoms with van der Waals surface area (Å²) in [5.41, 5.74) is 3.89. The second-order valence-corrected chi connectivity index (χ2v) is 16.1. The van der Waals surface area contributed by atoms with Gasteiger partial charge in [0.1, 0.15) is 0 Å². The molecular formula is C37H36Br2N2O6Pd2. The minimum atomic E-state index is -0.936. The first-order valence-electron chi connectivity index (χ1n) is 15.4. The number of rotatable bonds is 10. The molecule has 3 aromatic carbocycles. The summed E-state index contributed by atoms with van der Waals surface area (Å²) in [4.78, 5) is 10.2. The monoisotopic (exact) mass is 974 g/mol. The van der Waals surface area contributed by atoms with Crippen LogP contribution in [0.5, 0.6) is 17.2 Å². The Morgan fingerprint density at radius 3 is 1.88 bits per heavy atom. The summed E-state index contributed by atoms with van der Waals surface area (Å²) >= 11 is 14.6. The Kier molecular flexibility index (Phi) is 10.7. The molecule has 6 atom stereocenters. The molecule has 0 bridgehead atoms. The van der Waals surface area contributed by atoms with Gasteiger partial charge in [-0.1, -0.05) is 0 Å².